The quantitative estimate of drug-likeness (QED) is 0.689. The minimum Gasteiger partial charge on any atom is -0.289 e. The second kappa shape index (κ2) is 8.01. The fraction of sp³-hybridized carbons (Fsp3) is 0.357. The van der Waals surface area contributed by atoms with Crippen LogP contribution in [-0.4, -0.2) is 33.3 Å². The molecule has 1 heterocycles. The first-order valence-corrected chi connectivity index (χ1v) is 9.86. The van der Waals surface area contributed by atoms with E-state index in [4.69, 9.17) is 34.8 Å². The van der Waals surface area contributed by atoms with Crippen LogP contribution in [0.25, 0.3) is 0 Å². The Morgan fingerprint density at radius 3 is 2.24 bits per heavy atom. The van der Waals surface area contributed by atoms with Crippen molar-refractivity contribution in [2.24, 2.45) is 0 Å². The minimum atomic E-state index is -4.49. The van der Waals surface area contributed by atoms with Crippen LogP contribution in [0, 0.1) is 6.92 Å². The number of aromatic nitrogens is 3. The molecule has 0 bridgehead atoms. The third kappa shape index (κ3) is 4.92. The molecule has 0 saturated carbocycles. The van der Waals surface area contributed by atoms with Crippen LogP contribution in [0.15, 0.2) is 18.2 Å². The lowest BCUT2D eigenvalue weighted by Crippen LogP contribution is -2.39. The molecule has 0 saturated heterocycles. The molecule has 0 amide bonds. The van der Waals surface area contributed by atoms with E-state index in [1.165, 1.54) is 4.90 Å². The summed E-state index contributed by atoms with van der Waals surface area (Å²) in [6, 6.07) is 5.00. The van der Waals surface area contributed by atoms with Gasteiger partial charge in [-0.2, -0.15) is 23.4 Å². The predicted molar refractivity (Wildman–Crippen MR) is 98.4 cm³/mol. The Bertz CT molecular complexity index is 859. The van der Waals surface area contributed by atoms with E-state index in [1.807, 2.05) is 6.92 Å². The van der Waals surface area contributed by atoms with E-state index in [9.17, 15) is 13.0 Å². The Labute approximate surface area is 160 Å². The molecular formula is C14H15Cl3N4O3S. The van der Waals surface area contributed by atoms with Gasteiger partial charge in [0.25, 0.3) is 10.1 Å². The first-order valence-electron chi connectivity index (χ1n) is 7.22. The van der Waals surface area contributed by atoms with Crippen LogP contribution in [0.4, 0.5) is 11.6 Å². The Morgan fingerprint density at radius 1 is 1.16 bits per heavy atom. The zero-order valence-electron chi connectivity index (χ0n) is 13.3. The zero-order valence-corrected chi connectivity index (χ0v) is 16.4. The summed E-state index contributed by atoms with van der Waals surface area (Å²) < 4.78 is 33.7. The summed E-state index contributed by atoms with van der Waals surface area (Å²) in [6.07, 6.45) is 0.570. The van der Waals surface area contributed by atoms with Crippen LogP contribution >= 0.6 is 34.8 Å². The van der Waals surface area contributed by atoms with Crippen molar-refractivity contribution in [3.05, 3.63) is 39.4 Å². The van der Waals surface area contributed by atoms with Crippen LogP contribution in [-0.2, 0) is 10.1 Å². The number of aryl methyl sites for hydroxylation is 1. The second-order valence-electron chi connectivity index (χ2n) is 5.26. The molecule has 136 valence electrons. The largest absolute Gasteiger partial charge is 0.289 e. The number of anilines is 2. The summed E-state index contributed by atoms with van der Waals surface area (Å²) >= 11 is 17.9. The van der Waals surface area contributed by atoms with Crippen molar-refractivity contribution in [2.75, 3.05) is 4.90 Å². The second-order valence-corrected chi connectivity index (χ2v) is 7.91. The predicted octanol–water partition coefficient (Wildman–Crippen LogP) is 4.29. The van der Waals surface area contributed by atoms with E-state index >= 15 is 0 Å². The summed E-state index contributed by atoms with van der Waals surface area (Å²) in [4.78, 5) is 12.7. The molecule has 1 unspecified atom stereocenters. The van der Waals surface area contributed by atoms with Crippen molar-refractivity contribution >= 4 is 56.6 Å². The summed E-state index contributed by atoms with van der Waals surface area (Å²) in [5.41, 5.74) is 1.17. The highest BCUT2D eigenvalue weighted by atomic mass is 35.5. The fourth-order valence-electron chi connectivity index (χ4n) is 2.28. The number of hydrogen-bond donors (Lipinski definition) is 1. The number of rotatable bonds is 6. The van der Waals surface area contributed by atoms with Gasteiger partial charge in [-0.05, 0) is 54.2 Å². The molecule has 2 aromatic rings. The van der Waals surface area contributed by atoms with Crippen LogP contribution in [0.3, 0.4) is 0 Å². The van der Waals surface area contributed by atoms with Gasteiger partial charge in [-0.25, -0.2) is 0 Å². The van der Waals surface area contributed by atoms with Crippen molar-refractivity contribution in [1.29, 1.82) is 0 Å². The SMILES string of the molecule is CCCC(N(c1nc(Cl)nc(Cl)n1)c1ccc(C)cc1Cl)S(=O)(=O)O. The van der Waals surface area contributed by atoms with E-state index in [2.05, 4.69) is 15.0 Å². The topological polar surface area (TPSA) is 96.3 Å². The van der Waals surface area contributed by atoms with Gasteiger partial charge in [0.15, 0.2) is 5.37 Å². The van der Waals surface area contributed by atoms with Crippen LogP contribution in [0.5, 0.6) is 0 Å². The molecule has 1 atom stereocenters. The standard InChI is InChI=1S/C14H15Cl3N4O3S/c1-3-4-11(25(22,23)24)21(10-6-5-8(2)7-9(10)15)14-19-12(16)18-13(17)20-14/h5-7,11H,3-4H2,1-2H3,(H,22,23,24). The Kier molecular flexibility index (Phi) is 6.45. The number of nitrogens with zero attached hydrogens (tertiary/aromatic N) is 4. The fourth-order valence-corrected chi connectivity index (χ4v) is 3.97. The van der Waals surface area contributed by atoms with E-state index in [0.717, 1.165) is 5.56 Å². The summed E-state index contributed by atoms with van der Waals surface area (Å²) in [5.74, 6) is -0.133. The third-order valence-corrected chi connectivity index (χ3v) is 5.09. The highest BCUT2D eigenvalue weighted by molar-refractivity contribution is 7.86. The zero-order chi connectivity index (χ0) is 18.8. The molecule has 1 aromatic carbocycles. The highest BCUT2D eigenvalue weighted by Crippen LogP contribution is 2.35. The van der Waals surface area contributed by atoms with Gasteiger partial charge >= 0.3 is 0 Å². The van der Waals surface area contributed by atoms with E-state index in [0.29, 0.717) is 12.1 Å². The molecule has 0 radical (unpaired) electrons. The van der Waals surface area contributed by atoms with Crippen molar-refractivity contribution in [1.82, 2.24) is 15.0 Å². The molecule has 0 aliphatic carbocycles. The van der Waals surface area contributed by atoms with Crippen molar-refractivity contribution < 1.29 is 13.0 Å². The van der Waals surface area contributed by atoms with Gasteiger partial charge in [-0.15, -0.1) is 0 Å². The van der Waals surface area contributed by atoms with Crippen molar-refractivity contribution in [3.8, 4) is 0 Å². The summed E-state index contributed by atoms with van der Waals surface area (Å²) in [6.45, 7) is 3.61. The number of halogens is 3. The van der Waals surface area contributed by atoms with Gasteiger partial charge in [-0.1, -0.05) is 31.0 Å². The molecule has 0 spiro atoms. The molecule has 7 nitrogen and oxygen atoms in total. The molecule has 0 aliphatic heterocycles. The summed E-state index contributed by atoms with van der Waals surface area (Å²) in [7, 11) is -4.49. The summed E-state index contributed by atoms with van der Waals surface area (Å²) in [5, 5.41) is -1.53. The molecule has 25 heavy (non-hydrogen) atoms. The van der Waals surface area contributed by atoms with E-state index in [-0.39, 0.29) is 28.0 Å². The first-order chi connectivity index (χ1) is 11.6. The van der Waals surface area contributed by atoms with Crippen LogP contribution < -0.4 is 4.90 Å². The lowest BCUT2D eigenvalue weighted by atomic mass is 10.2. The molecule has 0 fully saturated rings. The molecule has 0 aliphatic rings. The third-order valence-electron chi connectivity index (χ3n) is 3.31. The average molecular weight is 426 g/mol. The maximum absolute atomic E-state index is 12.0. The van der Waals surface area contributed by atoms with Crippen LogP contribution in [0.2, 0.25) is 15.6 Å². The highest BCUT2D eigenvalue weighted by Gasteiger charge is 2.34. The number of benzene rings is 1. The van der Waals surface area contributed by atoms with Gasteiger partial charge in [0, 0.05) is 0 Å². The maximum Gasteiger partial charge on any atom is 0.286 e. The van der Waals surface area contributed by atoms with Gasteiger partial charge in [0.2, 0.25) is 16.5 Å². The van der Waals surface area contributed by atoms with E-state index < -0.39 is 15.5 Å². The Balaban J connectivity index is 2.74. The average Bonchev–Trinajstić information content (AvgIpc) is 2.46. The van der Waals surface area contributed by atoms with Gasteiger partial charge in [0.05, 0.1) is 10.7 Å². The first kappa shape index (κ1) is 20.1. The lowest BCUT2D eigenvalue weighted by Gasteiger charge is -2.30. The van der Waals surface area contributed by atoms with Crippen LogP contribution in [0.1, 0.15) is 25.3 Å². The normalized spacial score (nSPS) is 12.9. The maximum atomic E-state index is 12.0. The molecular weight excluding hydrogens is 411 g/mol. The molecule has 1 N–H and O–H groups in total. The van der Waals surface area contributed by atoms with E-state index in [1.54, 1.807) is 25.1 Å². The van der Waals surface area contributed by atoms with Gasteiger partial charge in [0.1, 0.15) is 0 Å². The molecule has 2 rings (SSSR count). The van der Waals surface area contributed by atoms with Gasteiger partial charge in [-0.3, -0.25) is 9.45 Å². The molecule has 11 heteroatoms. The molecule has 1 aromatic heterocycles. The monoisotopic (exact) mass is 424 g/mol. The van der Waals surface area contributed by atoms with Gasteiger partial charge < -0.3 is 0 Å². The van der Waals surface area contributed by atoms with Crippen molar-refractivity contribution in [3.63, 3.8) is 0 Å². The smallest absolute Gasteiger partial charge is 0.286 e. The van der Waals surface area contributed by atoms with Crippen molar-refractivity contribution in [2.45, 2.75) is 32.1 Å². The Morgan fingerprint density at radius 2 is 1.76 bits per heavy atom. The Hall–Kier alpha value is -1.19. The lowest BCUT2D eigenvalue weighted by molar-refractivity contribution is 0.460. The minimum absolute atomic E-state index is 0.101. The number of hydrogen-bond acceptors (Lipinski definition) is 6.